The number of nitrogens with zero attached hydrogens (tertiary/aromatic N) is 3. The molecule has 92 valence electrons. The van der Waals surface area contributed by atoms with E-state index >= 15 is 0 Å². The van der Waals surface area contributed by atoms with Crippen molar-refractivity contribution < 1.29 is 0 Å². The lowest BCUT2D eigenvalue weighted by Gasteiger charge is -2.49. The summed E-state index contributed by atoms with van der Waals surface area (Å²) in [6.07, 6.45) is 1.26. The third-order valence-electron chi connectivity index (χ3n) is 3.29. The number of hydrogen-bond donors (Lipinski definition) is 0. The molecule has 4 heteroatoms. The summed E-state index contributed by atoms with van der Waals surface area (Å²) in [5, 5.41) is 0. The van der Waals surface area contributed by atoms with Crippen molar-refractivity contribution in [2.24, 2.45) is 0 Å². The summed E-state index contributed by atoms with van der Waals surface area (Å²) in [4.78, 5) is 0. The van der Waals surface area contributed by atoms with Gasteiger partial charge in [0.05, 0.1) is 0 Å². The van der Waals surface area contributed by atoms with Gasteiger partial charge in [-0.05, 0) is 47.3 Å². The first-order chi connectivity index (χ1) is 6.97. The van der Waals surface area contributed by atoms with Gasteiger partial charge in [-0.15, -0.1) is 0 Å². The third kappa shape index (κ3) is 3.03. The molecule has 0 spiro atoms. The van der Waals surface area contributed by atoms with Gasteiger partial charge >= 0.3 is 0 Å². The van der Waals surface area contributed by atoms with Crippen LogP contribution in [0.25, 0.3) is 0 Å². The summed E-state index contributed by atoms with van der Waals surface area (Å²) >= 11 is 0. The Morgan fingerprint density at radius 3 is 1.40 bits per heavy atom. The summed E-state index contributed by atoms with van der Waals surface area (Å²) in [6.45, 7) is 9.14. The Hall–Kier alpha value is 0.0969. The minimum Gasteiger partial charge on any atom is -0.305 e. The van der Waals surface area contributed by atoms with Crippen molar-refractivity contribution in [3.63, 3.8) is 0 Å². The van der Waals surface area contributed by atoms with Gasteiger partial charge in [0.25, 0.3) is 8.56 Å². The maximum absolute atomic E-state index is 2.66. The van der Waals surface area contributed by atoms with E-state index < -0.39 is 8.56 Å². The van der Waals surface area contributed by atoms with Crippen LogP contribution in [0.4, 0.5) is 0 Å². The second kappa shape index (κ2) is 6.63. The molecule has 0 aromatic rings. The third-order valence-corrected chi connectivity index (χ3v) is 8.97. The van der Waals surface area contributed by atoms with Gasteiger partial charge < -0.3 is 9.13 Å². The topological polar surface area (TPSA) is 9.72 Å². The highest BCUT2D eigenvalue weighted by Crippen LogP contribution is 2.21. The van der Waals surface area contributed by atoms with E-state index in [1.54, 1.807) is 0 Å². The van der Waals surface area contributed by atoms with Gasteiger partial charge in [-0.2, -0.15) is 0 Å². The quantitative estimate of drug-likeness (QED) is 0.619. The van der Waals surface area contributed by atoms with Crippen LogP contribution in [0.15, 0.2) is 0 Å². The molecular formula is C11H29N3Si. The van der Waals surface area contributed by atoms with E-state index in [-0.39, 0.29) is 0 Å². The first-order valence-corrected chi connectivity index (χ1v) is 8.12. The van der Waals surface area contributed by atoms with E-state index in [0.717, 1.165) is 13.1 Å². The highest BCUT2D eigenvalue weighted by atomic mass is 28.4. The normalized spacial score (nSPS) is 13.2. The lowest BCUT2D eigenvalue weighted by molar-refractivity contribution is 0.324. The zero-order valence-corrected chi connectivity index (χ0v) is 12.7. The van der Waals surface area contributed by atoms with Gasteiger partial charge in [-0.3, -0.25) is 4.57 Å². The predicted molar refractivity (Wildman–Crippen MR) is 71.1 cm³/mol. The van der Waals surface area contributed by atoms with Crippen LogP contribution >= 0.6 is 0 Å². The van der Waals surface area contributed by atoms with E-state index in [2.05, 4.69) is 62.7 Å². The van der Waals surface area contributed by atoms with Gasteiger partial charge in [0.15, 0.2) is 0 Å². The molecule has 0 N–H and O–H groups in total. The van der Waals surface area contributed by atoms with Crippen molar-refractivity contribution in [1.29, 1.82) is 0 Å². The van der Waals surface area contributed by atoms with E-state index in [4.69, 9.17) is 0 Å². The molecule has 0 aromatic heterocycles. The molecule has 0 rings (SSSR count). The van der Waals surface area contributed by atoms with Crippen LogP contribution < -0.4 is 0 Å². The fourth-order valence-electron chi connectivity index (χ4n) is 2.64. The van der Waals surface area contributed by atoms with Crippen molar-refractivity contribution in [3.8, 4) is 0 Å². The molecule has 0 aliphatic carbocycles. The van der Waals surface area contributed by atoms with Crippen LogP contribution in [-0.4, -0.2) is 63.5 Å². The molecule has 15 heavy (non-hydrogen) atoms. The minimum atomic E-state index is -1.58. The van der Waals surface area contributed by atoms with Crippen LogP contribution in [0.2, 0.25) is 6.04 Å². The van der Waals surface area contributed by atoms with Crippen molar-refractivity contribution >= 4 is 8.56 Å². The Morgan fingerprint density at radius 1 is 0.800 bits per heavy atom. The first-order valence-electron chi connectivity index (χ1n) is 6.07. The molecule has 0 amide bonds. The molecule has 3 nitrogen and oxygen atoms in total. The molecule has 0 saturated carbocycles. The van der Waals surface area contributed by atoms with Crippen molar-refractivity contribution in [1.82, 2.24) is 13.7 Å². The van der Waals surface area contributed by atoms with E-state index in [1.165, 1.54) is 12.5 Å². The predicted octanol–water partition coefficient (Wildman–Crippen LogP) is 1.80. The van der Waals surface area contributed by atoms with E-state index in [1.807, 2.05) is 0 Å². The average molecular weight is 231 g/mol. The first kappa shape index (κ1) is 15.1. The Bertz CT molecular complexity index is 159. The Morgan fingerprint density at radius 2 is 1.20 bits per heavy atom. The molecule has 0 radical (unpaired) electrons. The number of hydrogen-bond acceptors (Lipinski definition) is 3. The number of rotatable bonds is 7. The summed E-state index contributed by atoms with van der Waals surface area (Å²) < 4.78 is 7.61. The van der Waals surface area contributed by atoms with E-state index in [0.29, 0.717) is 0 Å². The fraction of sp³-hybridized carbons (Fsp3) is 1.00. The van der Waals surface area contributed by atoms with Crippen LogP contribution in [-0.2, 0) is 0 Å². The fourth-order valence-corrected chi connectivity index (χ4v) is 7.46. The summed E-state index contributed by atoms with van der Waals surface area (Å²) in [6, 6.07) is 1.31. The standard InChI is InChI=1S/C11H29N3Si/c1-8-11-15(12(4)5,13(6)7)14(9-2)10-3/h8-11H2,1-7H3. The Labute approximate surface area is 97.3 Å². The molecule has 0 saturated heterocycles. The lowest BCUT2D eigenvalue weighted by Crippen LogP contribution is -2.71. The van der Waals surface area contributed by atoms with E-state index in [9.17, 15) is 0 Å². The zero-order valence-electron chi connectivity index (χ0n) is 11.7. The lowest BCUT2D eigenvalue weighted by atomic mass is 10.6. The maximum Gasteiger partial charge on any atom is 0.288 e. The van der Waals surface area contributed by atoms with Gasteiger partial charge in [-0.25, -0.2) is 0 Å². The smallest absolute Gasteiger partial charge is 0.288 e. The minimum absolute atomic E-state index is 1.15. The molecule has 0 unspecified atom stereocenters. The molecular weight excluding hydrogens is 202 g/mol. The average Bonchev–Trinajstić information content (AvgIpc) is 2.17. The molecule has 0 aromatic carbocycles. The molecule has 0 aliphatic heterocycles. The molecule has 0 heterocycles. The monoisotopic (exact) mass is 231 g/mol. The zero-order chi connectivity index (χ0) is 12.1. The van der Waals surface area contributed by atoms with Crippen LogP contribution in [0.1, 0.15) is 27.2 Å². The highest BCUT2D eigenvalue weighted by molar-refractivity contribution is 6.71. The largest absolute Gasteiger partial charge is 0.305 e. The molecule has 0 atom stereocenters. The van der Waals surface area contributed by atoms with Crippen LogP contribution in [0.5, 0.6) is 0 Å². The van der Waals surface area contributed by atoms with Gasteiger partial charge in [0, 0.05) is 0 Å². The van der Waals surface area contributed by atoms with Crippen LogP contribution in [0, 0.1) is 0 Å². The van der Waals surface area contributed by atoms with Crippen LogP contribution in [0.3, 0.4) is 0 Å². The Balaban J connectivity index is 5.09. The second-order valence-electron chi connectivity index (χ2n) is 4.49. The maximum atomic E-state index is 2.66. The summed E-state index contributed by atoms with van der Waals surface area (Å²) in [5.74, 6) is 0. The van der Waals surface area contributed by atoms with Gasteiger partial charge in [-0.1, -0.05) is 27.2 Å². The van der Waals surface area contributed by atoms with Gasteiger partial charge in [0.2, 0.25) is 0 Å². The van der Waals surface area contributed by atoms with Crippen molar-refractivity contribution in [2.75, 3.05) is 41.3 Å². The van der Waals surface area contributed by atoms with Gasteiger partial charge in [0.1, 0.15) is 0 Å². The second-order valence-corrected chi connectivity index (χ2v) is 8.96. The molecule has 0 bridgehead atoms. The van der Waals surface area contributed by atoms with Crippen molar-refractivity contribution in [2.45, 2.75) is 33.2 Å². The SMILES string of the molecule is CCC[Si](N(C)C)(N(C)C)N(CC)CC. The van der Waals surface area contributed by atoms with Crippen molar-refractivity contribution in [3.05, 3.63) is 0 Å². The molecule has 0 aliphatic rings. The molecule has 0 fully saturated rings. The Kier molecular flexibility index (Phi) is 6.67. The summed E-state index contributed by atoms with van der Waals surface area (Å²) in [7, 11) is 7.37. The highest BCUT2D eigenvalue weighted by Gasteiger charge is 2.43. The summed E-state index contributed by atoms with van der Waals surface area (Å²) in [5.41, 5.74) is 0.